The molecule has 11 heteroatoms. The molecule has 0 amide bonds. The molecule has 4 rings (SSSR count). The van der Waals surface area contributed by atoms with E-state index in [1.807, 2.05) is 0 Å². The van der Waals surface area contributed by atoms with Gasteiger partial charge in [0.1, 0.15) is 12.1 Å². The van der Waals surface area contributed by atoms with E-state index in [0.717, 1.165) is 51.6 Å². The van der Waals surface area contributed by atoms with E-state index in [9.17, 15) is 12.8 Å². The molecule has 1 N–H and O–H groups in total. The third-order valence-corrected chi connectivity index (χ3v) is 6.03. The third kappa shape index (κ3) is 5.91. The predicted molar refractivity (Wildman–Crippen MR) is 127 cm³/mol. The van der Waals surface area contributed by atoms with E-state index in [-0.39, 0.29) is 11.3 Å². The molecule has 1 aliphatic rings. The topological polar surface area (TPSA) is 103 Å². The number of hydrogen-bond donors (Lipinski definition) is 1. The lowest BCUT2D eigenvalue weighted by Crippen LogP contribution is -2.37. The van der Waals surface area contributed by atoms with Crippen LogP contribution in [0.2, 0.25) is 0 Å². The minimum absolute atomic E-state index is 0.132. The van der Waals surface area contributed by atoms with E-state index in [4.69, 9.17) is 14.2 Å². The molecule has 1 fully saturated rings. The first-order valence-electron chi connectivity index (χ1n) is 10.9. The average Bonchev–Trinajstić information content (AvgIpc) is 2.81. The molecule has 2 heterocycles. The number of nitrogens with zero attached hydrogens (tertiary/aromatic N) is 3. The molecule has 34 heavy (non-hydrogen) atoms. The van der Waals surface area contributed by atoms with Gasteiger partial charge in [-0.1, -0.05) is 0 Å². The summed E-state index contributed by atoms with van der Waals surface area (Å²) in [5.74, 6) is 0.429. The fourth-order valence-corrected chi connectivity index (χ4v) is 4.39. The molecule has 0 aliphatic carbocycles. The van der Waals surface area contributed by atoms with Gasteiger partial charge in [-0.15, -0.1) is 0 Å². The van der Waals surface area contributed by atoms with Crippen LogP contribution >= 0.6 is 0 Å². The number of anilines is 1. The van der Waals surface area contributed by atoms with Crippen LogP contribution in [0.5, 0.6) is 11.5 Å². The van der Waals surface area contributed by atoms with E-state index < -0.39 is 15.8 Å². The number of morpholine rings is 1. The summed E-state index contributed by atoms with van der Waals surface area (Å²) in [6, 6.07) is 7.57. The summed E-state index contributed by atoms with van der Waals surface area (Å²) in [5, 5.41) is 0.592. The Bertz CT molecular complexity index is 1270. The van der Waals surface area contributed by atoms with Gasteiger partial charge in [0.25, 0.3) is 0 Å². The summed E-state index contributed by atoms with van der Waals surface area (Å²) >= 11 is 0. The first kappa shape index (κ1) is 24.1. The summed E-state index contributed by atoms with van der Waals surface area (Å²) in [7, 11) is -1.97. The first-order valence-corrected chi connectivity index (χ1v) is 12.8. The van der Waals surface area contributed by atoms with Crippen molar-refractivity contribution < 1.29 is 27.0 Å². The molecule has 0 spiro atoms. The number of fused-ring (bicyclic) bond motifs is 1. The van der Waals surface area contributed by atoms with E-state index in [2.05, 4.69) is 19.6 Å². The molecule has 0 unspecified atom stereocenters. The van der Waals surface area contributed by atoms with Crippen molar-refractivity contribution in [3.05, 3.63) is 42.5 Å². The van der Waals surface area contributed by atoms with Crippen LogP contribution in [-0.2, 0) is 14.8 Å². The highest BCUT2D eigenvalue weighted by Crippen LogP contribution is 2.36. The summed E-state index contributed by atoms with van der Waals surface area (Å²) in [5.41, 5.74) is 1.29. The van der Waals surface area contributed by atoms with Crippen LogP contribution in [-0.4, -0.2) is 76.1 Å². The molecule has 1 aliphatic heterocycles. The zero-order chi connectivity index (χ0) is 24.1. The second-order valence-electron chi connectivity index (χ2n) is 7.97. The SMILES string of the molecule is COc1cc2ncnc(-c3ccc(NS(C)(=O)=O)cc3F)c2cc1OCCCN1CCOCC1. The fraction of sp³-hybridized carbons (Fsp3) is 0.391. The Morgan fingerprint density at radius 3 is 2.65 bits per heavy atom. The summed E-state index contributed by atoms with van der Waals surface area (Å²) in [6.45, 7) is 4.75. The molecule has 0 bridgehead atoms. The van der Waals surface area contributed by atoms with Crippen LogP contribution in [0.3, 0.4) is 0 Å². The number of rotatable bonds is 9. The van der Waals surface area contributed by atoms with Crippen molar-refractivity contribution in [2.24, 2.45) is 0 Å². The Balaban J connectivity index is 1.58. The first-order chi connectivity index (χ1) is 16.3. The maximum Gasteiger partial charge on any atom is 0.229 e. The summed E-state index contributed by atoms with van der Waals surface area (Å²) in [6.07, 6.45) is 3.19. The molecule has 2 aromatic carbocycles. The van der Waals surface area contributed by atoms with Crippen LogP contribution in [0.1, 0.15) is 6.42 Å². The maximum absolute atomic E-state index is 14.9. The molecule has 0 saturated carbocycles. The van der Waals surface area contributed by atoms with Crippen molar-refractivity contribution >= 4 is 26.6 Å². The predicted octanol–water partition coefficient (Wildman–Crippen LogP) is 2.92. The van der Waals surface area contributed by atoms with Gasteiger partial charge in [-0.2, -0.15) is 0 Å². The number of aromatic nitrogens is 2. The van der Waals surface area contributed by atoms with Crippen LogP contribution in [0.4, 0.5) is 10.1 Å². The van der Waals surface area contributed by atoms with Gasteiger partial charge in [-0.3, -0.25) is 9.62 Å². The smallest absolute Gasteiger partial charge is 0.229 e. The van der Waals surface area contributed by atoms with Gasteiger partial charge in [0.15, 0.2) is 11.5 Å². The van der Waals surface area contributed by atoms with Gasteiger partial charge in [-0.25, -0.2) is 22.8 Å². The molecule has 9 nitrogen and oxygen atoms in total. The van der Waals surface area contributed by atoms with Crippen molar-refractivity contribution in [3.63, 3.8) is 0 Å². The second kappa shape index (κ2) is 10.5. The van der Waals surface area contributed by atoms with E-state index in [0.29, 0.717) is 34.7 Å². The van der Waals surface area contributed by atoms with Gasteiger partial charge in [-0.05, 0) is 30.7 Å². The Kier molecular flexibility index (Phi) is 7.44. The number of sulfonamides is 1. The minimum Gasteiger partial charge on any atom is -0.493 e. The second-order valence-corrected chi connectivity index (χ2v) is 9.72. The number of ether oxygens (including phenoxy) is 3. The highest BCUT2D eigenvalue weighted by molar-refractivity contribution is 7.92. The minimum atomic E-state index is -3.52. The summed E-state index contributed by atoms with van der Waals surface area (Å²) in [4.78, 5) is 10.9. The zero-order valence-electron chi connectivity index (χ0n) is 19.1. The van der Waals surface area contributed by atoms with Gasteiger partial charge < -0.3 is 14.2 Å². The fourth-order valence-electron chi connectivity index (χ4n) is 3.83. The van der Waals surface area contributed by atoms with Crippen molar-refractivity contribution in [1.82, 2.24) is 14.9 Å². The molecular weight excluding hydrogens is 463 g/mol. The quantitative estimate of drug-likeness (QED) is 0.457. The van der Waals surface area contributed by atoms with E-state index in [1.165, 1.54) is 18.5 Å². The highest BCUT2D eigenvalue weighted by Gasteiger charge is 2.17. The van der Waals surface area contributed by atoms with Crippen LogP contribution in [0.25, 0.3) is 22.2 Å². The van der Waals surface area contributed by atoms with Crippen LogP contribution in [0, 0.1) is 5.82 Å². The lowest BCUT2D eigenvalue weighted by molar-refractivity contribution is 0.0357. The third-order valence-electron chi connectivity index (χ3n) is 5.43. The van der Waals surface area contributed by atoms with Crippen LogP contribution in [0.15, 0.2) is 36.7 Å². The van der Waals surface area contributed by atoms with E-state index in [1.54, 1.807) is 19.2 Å². The standard InChI is InChI=1S/C23H27FN4O5S/c1-31-21-14-20-18(13-22(21)33-9-3-6-28-7-10-32-11-8-28)23(26-15-25-20)17-5-4-16(12-19(17)24)27-34(2,29)30/h4-5,12-15,27H,3,6-11H2,1-2H3. The molecular formula is C23H27FN4O5S. The Morgan fingerprint density at radius 2 is 1.94 bits per heavy atom. The van der Waals surface area contributed by atoms with Crippen LogP contribution < -0.4 is 14.2 Å². The zero-order valence-corrected chi connectivity index (χ0v) is 19.9. The monoisotopic (exact) mass is 490 g/mol. The number of halogens is 1. The van der Waals surface area contributed by atoms with Crippen molar-refractivity contribution in [3.8, 4) is 22.8 Å². The van der Waals surface area contributed by atoms with Gasteiger partial charge in [0.05, 0.1) is 50.1 Å². The molecule has 0 radical (unpaired) electrons. The number of benzene rings is 2. The van der Waals surface area contributed by atoms with Gasteiger partial charge in [0, 0.05) is 36.7 Å². The van der Waals surface area contributed by atoms with Crippen molar-refractivity contribution in [2.75, 3.05) is 57.5 Å². The Hall–Kier alpha value is -3.02. The highest BCUT2D eigenvalue weighted by atomic mass is 32.2. The molecule has 0 atom stereocenters. The lowest BCUT2D eigenvalue weighted by atomic mass is 10.0. The molecule has 3 aromatic rings. The number of hydrogen-bond acceptors (Lipinski definition) is 8. The molecule has 1 aromatic heterocycles. The molecule has 182 valence electrons. The number of methoxy groups -OCH3 is 1. The lowest BCUT2D eigenvalue weighted by Gasteiger charge is -2.26. The Labute approximate surface area is 197 Å². The molecule has 1 saturated heterocycles. The van der Waals surface area contributed by atoms with Crippen molar-refractivity contribution in [1.29, 1.82) is 0 Å². The Morgan fingerprint density at radius 1 is 1.15 bits per heavy atom. The maximum atomic E-state index is 14.9. The average molecular weight is 491 g/mol. The normalized spacial score (nSPS) is 14.8. The van der Waals surface area contributed by atoms with E-state index >= 15 is 0 Å². The van der Waals surface area contributed by atoms with Gasteiger partial charge >= 0.3 is 0 Å². The largest absolute Gasteiger partial charge is 0.493 e. The van der Waals surface area contributed by atoms with Crippen molar-refractivity contribution in [2.45, 2.75) is 6.42 Å². The van der Waals surface area contributed by atoms with Gasteiger partial charge in [0.2, 0.25) is 10.0 Å². The summed E-state index contributed by atoms with van der Waals surface area (Å²) < 4.78 is 57.0. The number of nitrogens with one attached hydrogen (secondary N) is 1.